The molecular formula is C14H17ClN4O2S. The largest absolute Gasteiger partial charge is 0.315 e. The van der Waals surface area contributed by atoms with Gasteiger partial charge in [-0.2, -0.15) is 4.31 Å². The van der Waals surface area contributed by atoms with Crippen molar-refractivity contribution >= 4 is 21.6 Å². The van der Waals surface area contributed by atoms with Crippen molar-refractivity contribution in [3.8, 4) is 0 Å². The number of hydrogen-bond acceptors (Lipinski definition) is 4. The highest BCUT2D eigenvalue weighted by Gasteiger charge is 2.31. The van der Waals surface area contributed by atoms with Gasteiger partial charge in [-0.05, 0) is 31.9 Å². The van der Waals surface area contributed by atoms with Crippen LogP contribution in [0.2, 0.25) is 5.02 Å². The van der Waals surface area contributed by atoms with Crippen LogP contribution in [0.3, 0.4) is 0 Å². The number of rotatable bonds is 3. The highest BCUT2D eigenvalue weighted by atomic mass is 35.5. The molecule has 1 fully saturated rings. The monoisotopic (exact) mass is 340 g/mol. The second-order valence-corrected chi connectivity index (χ2v) is 7.66. The molecule has 6 nitrogen and oxygen atoms in total. The van der Waals surface area contributed by atoms with E-state index < -0.39 is 10.0 Å². The molecule has 0 N–H and O–H groups in total. The van der Waals surface area contributed by atoms with Gasteiger partial charge in [-0.3, -0.25) is 0 Å². The Kier molecular flexibility index (Phi) is 4.20. The molecule has 3 rings (SSSR count). The predicted octanol–water partition coefficient (Wildman–Crippen LogP) is 2.27. The Morgan fingerprint density at radius 1 is 1.23 bits per heavy atom. The van der Waals surface area contributed by atoms with Crippen LogP contribution in [0.1, 0.15) is 24.7 Å². The number of hydrogen-bond donors (Lipinski definition) is 0. The van der Waals surface area contributed by atoms with Crippen molar-refractivity contribution in [2.24, 2.45) is 0 Å². The Labute approximate surface area is 134 Å². The molecule has 1 saturated heterocycles. The minimum Gasteiger partial charge on any atom is -0.315 e. The molecule has 0 bridgehead atoms. The number of nitrogens with zero attached hydrogens (tertiary/aromatic N) is 4. The minimum absolute atomic E-state index is 0.176. The van der Waals surface area contributed by atoms with E-state index in [1.165, 1.54) is 4.31 Å². The quantitative estimate of drug-likeness (QED) is 0.859. The summed E-state index contributed by atoms with van der Waals surface area (Å²) >= 11 is 6.03. The molecule has 2 heterocycles. The lowest BCUT2D eigenvalue weighted by atomic mass is 10.1. The fourth-order valence-electron chi connectivity index (χ4n) is 2.81. The lowest BCUT2D eigenvalue weighted by Crippen LogP contribution is -2.39. The van der Waals surface area contributed by atoms with E-state index in [0.717, 1.165) is 18.7 Å². The summed E-state index contributed by atoms with van der Waals surface area (Å²) in [5.74, 6) is 0.854. The first-order chi connectivity index (χ1) is 10.5. The molecule has 1 aromatic heterocycles. The average molecular weight is 341 g/mol. The van der Waals surface area contributed by atoms with Crippen LogP contribution in [0.15, 0.2) is 35.5 Å². The molecule has 0 amide bonds. The molecule has 0 saturated carbocycles. The van der Waals surface area contributed by atoms with E-state index in [9.17, 15) is 8.42 Å². The van der Waals surface area contributed by atoms with Gasteiger partial charge < -0.3 is 4.57 Å². The number of piperidine rings is 1. The Morgan fingerprint density at radius 2 is 1.91 bits per heavy atom. The van der Waals surface area contributed by atoms with E-state index in [4.69, 9.17) is 11.6 Å². The van der Waals surface area contributed by atoms with E-state index >= 15 is 0 Å². The molecule has 22 heavy (non-hydrogen) atoms. The van der Waals surface area contributed by atoms with Gasteiger partial charge in [0.2, 0.25) is 10.0 Å². The van der Waals surface area contributed by atoms with Gasteiger partial charge in [-0.15, -0.1) is 10.2 Å². The zero-order chi connectivity index (χ0) is 15.7. The van der Waals surface area contributed by atoms with E-state index in [0.29, 0.717) is 13.1 Å². The third kappa shape index (κ3) is 2.76. The zero-order valence-corrected chi connectivity index (χ0v) is 13.8. The van der Waals surface area contributed by atoms with E-state index in [1.807, 2.05) is 11.5 Å². The summed E-state index contributed by atoms with van der Waals surface area (Å²) in [5, 5.41) is 8.13. The second-order valence-electron chi connectivity index (χ2n) is 5.35. The maximum Gasteiger partial charge on any atom is 0.244 e. The van der Waals surface area contributed by atoms with Crippen molar-refractivity contribution in [2.45, 2.75) is 30.7 Å². The highest BCUT2D eigenvalue weighted by Crippen LogP contribution is 2.29. The average Bonchev–Trinajstić information content (AvgIpc) is 2.94. The lowest BCUT2D eigenvalue weighted by Gasteiger charge is -2.32. The summed E-state index contributed by atoms with van der Waals surface area (Å²) in [6, 6.07) is 6.80. The van der Waals surface area contributed by atoms with Crippen LogP contribution >= 0.6 is 11.6 Å². The van der Waals surface area contributed by atoms with Gasteiger partial charge in [-0.25, -0.2) is 8.42 Å². The maximum absolute atomic E-state index is 12.7. The van der Waals surface area contributed by atoms with Crippen molar-refractivity contribution in [3.63, 3.8) is 0 Å². The van der Waals surface area contributed by atoms with Crippen LogP contribution in [-0.4, -0.2) is 40.6 Å². The summed E-state index contributed by atoms with van der Waals surface area (Å²) in [6.45, 7) is 2.84. The van der Waals surface area contributed by atoms with Gasteiger partial charge in [0.15, 0.2) is 0 Å². The predicted molar refractivity (Wildman–Crippen MR) is 83.2 cm³/mol. The molecule has 118 valence electrons. The van der Waals surface area contributed by atoms with Gasteiger partial charge in [0, 0.05) is 19.1 Å². The number of benzene rings is 1. The van der Waals surface area contributed by atoms with Gasteiger partial charge in [0.05, 0.1) is 5.02 Å². The van der Waals surface area contributed by atoms with Crippen molar-refractivity contribution in [2.75, 3.05) is 13.1 Å². The standard InChI is InChI=1S/C14H17ClN4O2S/c1-11-17-16-10-19(11)12-6-8-18(9-7-12)22(20,21)14-5-3-2-4-13(14)15/h2-5,10,12H,6-9H2,1H3. The summed E-state index contributed by atoms with van der Waals surface area (Å²) in [5.41, 5.74) is 0. The molecule has 1 aliphatic heterocycles. The maximum atomic E-state index is 12.7. The fourth-order valence-corrected chi connectivity index (χ4v) is 4.78. The topological polar surface area (TPSA) is 68.1 Å². The number of halogens is 1. The molecule has 1 aliphatic rings. The van der Waals surface area contributed by atoms with Gasteiger partial charge >= 0.3 is 0 Å². The molecule has 0 unspecified atom stereocenters. The van der Waals surface area contributed by atoms with Gasteiger partial charge in [0.1, 0.15) is 17.0 Å². The number of aryl methyl sites for hydroxylation is 1. The van der Waals surface area contributed by atoms with Gasteiger partial charge in [-0.1, -0.05) is 23.7 Å². The molecule has 8 heteroatoms. The Bertz CT molecular complexity index is 767. The molecular weight excluding hydrogens is 324 g/mol. The second kappa shape index (κ2) is 5.98. The van der Waals surface area contributed by atoms with Crippen LogP contribution in [0, 0.1) is 6.92 Å². The number of sulfonamides is 1. The third-order valence-electron chi connectivity index (χ3n) is 4.02. The summed E-state index contributed by atoms with van der Waals surface area (Å²) in [7, 11) is -3.53. The SMILES string of the molecule is Cc1nncn1C1CCN(S(=O)(=O)c2ccccc2Cl)CC1. The van der Waals surface area contributed by atoms with Crippen molar-refractivity contribution in [3.05, 3.63) is 41.4 Å². The lowest BCUT2D eigenvalue weighted by molar-refractivity contribution is 0.271. The molecule has 0 spiro atoms. The normalized spacial score (nSPS) is 17.7. The molecule has 1 aromatic carbocycles. The summed E-state index contributed by atoms with van der Waals surface area (Å²) in [6.07, 6.45) is 3.18. The minimum atomic E-state index is -3.53. The van der Waals surface area contributed by atoms with E-state index in [1.54, 1.807) is 30.6 Å². The first-order valence-corrected chi connectivity index (χ1v) is 8.93. The zero-order valence-electron chi connectivity index (χ0n) is 12.2. The summed E-state index contributed by atoms with van der Waals surface area (Å²) < 4.78 is 28.9. The molecule has 0 aliphatic carbocycles. The molecule has 0 radical (unpaired) electrons. The van der Waals surface area contributed by atoms with Crippen LogP contribution in [0.4, 0.5) is 0 Å². The number of aromatic nitrogens is 3. The van der Waals surface area contributed by atoms with Crippen molar-refractivity contribution < 1.29 is 8.42 Å². The Hall–Kier alpha value is -1.44. The van der Waals surface area contributed by atoms with Crippen molar-refractivity contribution in [1.82, 2.24) is 19.1 Å². The Balaban J connectivity index is 1.76. The van der Waals surface area contributed by atoms with Crippen LogP contribution in [0.5, 0.6) is 0 Å². The van der Waals surface area contributed by atoms with Crippen LogP contribution in [0.25, 0.3) is 0 Å². The van der Waals surface area contributed by atoms with Gasteiger partial charge in [0.25, 0.3) is 0 Å². The smallest absolute Gasteiger partial charge is 0.244 e. The fraction of sp³-hybridized carbons (Fsp3) is 0.429. The Morgan fingerprint density at radius 3 is 2.50 bits per heavy atom. The summed E-state index contributed by atoms with van der Waals surface area (Å²) in [4.78, 5) is 0.176. The van der Waals surface area contributed by atoms with E-state index in [-0.39, 0.29) is 16.0 Å². The van der Waals surface area contributed by atoms with Crippen LogP contribution < -0.4 is 0 Å². The highest BCUT2D eigenvalue weighted by molar-refractivity contribution is 7.89. The van der Waals surface area contributed by atoms with Crippen molar-refractivity contribution in [1.29, 1.82) is 0 Å². The first kappa shape index (κ1) is 15.5. The first-order valence-electron chi connectivity index (χ1n) is 7.11. The molecule has 0 atom stereocenters. The van der Waals surface area contributed by atoms with E-state index in [2.05, 4.69) is 10.2 Å². The van der Waals surface area contributed by atoms with Crippen LogP contribution in [-0.2, 0) is 10.0 Å². The third-order valence-corrected chi connectivity index (χ3v) is 6.42. The molecule has 2 aromatic rings.